The summed E-state index contributed by atoms with van der Waals surface area (Å²) in [6.45, 7) is 0. The van der Waals surface area contributed by atoms with E-state index in [0.717, 1.165) is 16.6 Å². The third-order valence-corrected chi connectivity index (χ3v) is 3.08. The number of aryl methyl sites for hydroxylation is 1. The third-order valence-electron chi connectivity index (χ3n) is 3.08. The molecule has 0 spiro atoms. The predicted octanol–water partition coefficient (Wildman–Crippen LogP) is 3.10. The Bertz CT molecular complexity index is 719. The van der Waals surface area contributed by atoms with Gasteiger partial charge >= 0.3 is 5.97 Å². The SMILES string of the molecule is O=C(CCc1ccccc1)Oc1ccc2nc[nH]c2c1. The van der Waals surface area contributed by atoms with Gasteiger partial charge in [0, 0.05) is 12.5 Å². The van der Waals surface area contributed by atoms with Crippen LogP contribution in [0, 0.1) is 0 Å². The summed E-state index contributed by atoms with van der Waals surface area (Å²) in [5, 5.41) is 0. The highest BCUT2D eigenvalue weighted by Crippen LogP contribution is 2.18. The molecule has 2 aromatic carbocycles. The molecule has 0 atom stereocenters. The van der Waals surface area contributed by atoms with Gasteiger partial charge in [0.15, 0.2) is 0 Å². The summed E-state index contributed by atoms with van der Waals surface area (Å²) in [6, 6.07) is 15.3. The minimum Gasteiger partial charge on any atom is -0.426 e. The highest BCUT2D eigenvalue weighted by Gasteiger charge is 2.06. The van der Waals surface area contributed by atoms with Crippen molar-refractivity contribution >= 4 is 17.0 Å². The van der Waals surface area contributed by atoms with Gasteiger partial charge in [0.2, 0.25) is 0 Å². The van der Waals surface area contributed by atoms with Crippen molar-refractivity contribution in [3.05, 3.63) is 60.4 Å². The van der Waals surface area contributed by atoms with Crippen LogP contribution in [0.4, 0.5) is 0 Å². The van der Waals surface area contributed by atoms with Crippen LogP contribution in [0.3, 0.4) is 0 Å². The number of hydrogen-bond donors (Lipinski definition) is 1. The van der Waals surface area contributed by atoms with Crippen LogP contribution in [-0.2, 0) is 11.2 Å². The first kappa shape index (κ1) is 12.4. The van der Waals surface area contributed by atoms with E-state index >= 15 is 0 Å². The Balaban J connectivity index is 1.61. The molecule has 0 aliphatic heterocycles. The number of aromatic nitrogens is 2. The zero-order valence-corrected chi connectivity index (χ0v) is 10.9. The molecule has 4 nitrogen and oxygen atoms in total. The zero-order chi connectivity index (χ0) is 13.8. The molecule has 3 aromatic rings. The molecule has 0 saturated carbocycles. The van der Waals surface area contributed by atoms with Crippen LogP contribution in [0.2, 0.25) is 0 Å². The normalized spacial score (nSPS) is 10.6. The lowest BCUT2D eigenvalue weighted by molar-refractivity contribution is -0.134. The molecule has 3 rings (SSSR count). The fourth-order valence-corrected chi connectivity index (χ4v) is 2.05. The van der Waals surface area contributed by atoms with Crippen LogP contribution in [0.15, 0.2) is 54.9 Å². The molecular weight excluding hydrogens is 252 g/mol. The van der Waals surface area contributed by atoms with E-state index in [4.69, 9.17) is 4.74 Å². The van der Waals surface area contributed by atoms with Crippen LogP contribution in [0.5, 0.6) is 5.75 Å². The number of aromatic amines is 1. The summed E-state index contributed by atoms with van der Waals surface area (Å²) in [5.41, 5.74) is 2.85. The Labute approximate surface area is 116 Å². The molecule has 0 amide bonds. The van der Waals surface area contributed by atoms with Crippen molar-refractivity contribution in [2.45, 2.75) is 12.8 Å². The second kappa shape index (κ2) is 5.57. The van der Waals surface area contributed by atoms with E-state index in [1.165, 1.54) is 0 Å². The number of nitrogens with zero attached hydrogens (tertiary/aromatic N) is 1. The zero-order valence-electron chi connectivity index (χ0n) is 10.9. The number of esters is 1. The number of benzene rings is 2. The molecule has 1 N–H and O–H groups in total. The molecule has 0 saturated heterocycles. The van der Waals surface area contributed by atoms with Gasteiger partial charge in [-0.1, -0.05) is 30.3 Å². The quantitative estimate of drug-likeness (QED) is 0.583. The van der Waals surface area contributed by atoms with Crippen LogP contribution in [0.1, 0.15) is 12.0 Å². The van der Waals surface area contributed by atoms with Crippen LogP contribution >= 0.6 is 0 Å². The smallest absolute Gasteiger partial charge is 0.311 e. The van der Waals surface area contributed by atoms with Crippen molar-refractivity contribution in [3.63, 3.8) is 0 Å². The molecule has 1 aromatic heterocycles. The maximum Gasteiger partial charge on any atom is 0.311 e. The number of nitrogens with one attached hydrogen (secondary N) is 1. The predicted molar refractivity (Wildman–Crippen MR) is 76.5 cm³/mol. The van der Waals surface area contributed by atoms with Gasteiger partial charge in [-0.3, -0.25) is 4.79 Å². The highest BCUT2D eigenvalue weighted by atomic mass is 16.5. The minimum atomic E-state index is -0.229. The lowest BCUT2D eigenvalue weighted by Crippen LogP contribution is -2.08. The monoisotopic (exact) mass is 266 g/mol. The van der Waals surface area contributed by atoms with Gasteiger partial charge in [0.05, 0.1) is 17.4 Å². The van der Waals surface area contributed by atoms with Gasteiger partial charge in [-0.15, -0.1) is 0 Å². The van der Waals surface area contributed by atoms with Crippen molar-refractivity contribution in [1.29, 1.82) is 0 Å². The molecule has 0 unspecified atom stereocenters. The van der Waals surface area contributed by atoms with Crippen molar-refractivity contribution in [3.8, 4) is 5.75 Å². The third kappa shape index (κ3) is 2.85. The summed E-state index contributed by atoms with van der Waals surface area (Å²) in [4.78, 5) is 18.9. The summed E-state index contributed by atoms with van der Waals surface area (Å²) in [7, 11) is 0. The molecule has 0 fully saturated rings. The lowest BCUT2D eigenvalue weighted by atomic mass is 10.1. The average Bonchev–Trinajstić information content (AvgIpc) is 2.94. The van der Waals surface area contributed by atoms with Gasteiger partial charge in [-0.05, 0) is 24.1 Å². The number of carbonyl (C=O) groups excluding carboxylic acids is 1. The van der Waals surface area contributed by atoms with E-state index < -0.39 is 0 Å². The Kier molecular flexibility index (Phi) is 3.46. The summed E-state index contributed by atoms with van der Waals surface area (Å²) >= 11 is 0. The Morgan fingerprint density at radius 1 is 1.15 bits per heavy atom. The first-order valence-corrected chi connectivity index (χ1v) is 6.49. The van der Waals surface area contributed by atoms with Gasteiger partial charge in [0.1, 0.15) is 5.75 Å². The maximum absolute atomic E-state index is 11.8. The lowest BCUT2D eigenvalue weighted by Gasteiger charge is -2.04. The molecule has 4 heteroatoms. The van der Waals surface area contributed by atoms with E-state index in [-0.39, 0.29) is 5.97 Å². The fourth-order valence-electron chi connectivity index (χ4n) is 2.05. The van der Waals surface area contributed by atoms with Gasteiger partial charge in [-0.2, -0.15) is 0 Å². The second-order valence-corrected chi connectivity index (χ2v) is 4.54. The number of hydrogen-bond acceptors (Lipinski definition) is 3. The minimum absolute atomic E-state index is 0.229. The van der Waals surface area contributed by atoms with E-state index in [2.05, 4.69) is 9.97 Å². The summed E-state index contributed by atoms with van der Waals surface area (Å²) < 4.78 is 5.33. The van der Waals surface area contributed by atoms with Crippen molar-refractivity contribution in [2.75, 3.05) is 0 Å². The standard InChI is InChI=1S/C16H14N2O2/c19-16(9-6-12-4-2-1-3-5-12)20-13-7-8-14-15(10-13)18-11-17-14/h1-5,7-8,10-11H,6,9H2,(H,17,18). The summed E-state index contributed by atoms with van der Waals surface area (Å²) in [5.74, 6) is 0.313. The maximum atomic E-state index is 11.8. The number of imidazole rings is 1. The van der Waals surface area contributed by atoms with Gasteiger partial charge < -0.3 is 9.72 Å². The number of carbonyl (C=O) groups is 1. The molecule has 1 heterocycles. The van der Waals surface area contributed by atoms with Crippen LogP contribution in [0.25, 0.3) is 11.0 Å². The molecule has 0 aliphatic rings. The molecule has 0 radical (unpaired) electrons. The molecule has 0 bridgehead atoms. The largest absolute Gasteiger partial charge is 0.426 e. The molecular formula is C16H14N2O2. The van der Waals surface area contributed by atoms with Crippen molar-refractivity contribution in [1.82, 2.24) is 9.97 Å². The molecule has 20 heavy (non-hydrogen) atoms. The van der Waals surface area contributed by atoms with Crippen LogP contribution < -0.4 is 4.74 Å². The van der Waals surface area contributed by atoms with Gasteiger partial charge in [-0.25, -0.2) is 4.98 Å². The Morgan fingerprint density at radius 3 is 2.85 bits per heavy atom. The second-order valence-electron chi connectivity index (χ2n) is 4.54. The van der Waals surface area contributed by atoms with E-state index in [9.17, 15) is 4.79 Å². The topological polar surface area (TPSA) is 55.0 Å². The van der Waals surface area contributed by atoms with Crippen molar-refractivity contribution in [2.24, 2.45) is 0 Å². The number of H-pyrrole nitrogens is 1. The fraction of sp³-hybridized carbons (Fsp3) is 0.125. The van der Waals surface area contributed by atoms with Crippen LogP contribution in [-0.4, -0.2) is 15.9 Å². The van der Waals surface area contributed by atoms with Crippen molar-refractivity contribution < 1.29 is 9.53 Å². The van der Waals surface area contributed by atoms with E-state index in [1.807, 2.05) is 36.4 Å². The number of rotatable bonds is 4. The van der Waals surface area contributed by atoms with E-state index in [0.29, 0.717) is 18.6 Å². The van der Waals surface area contributed by atoms with Gasteiger partial charge in [0.25, 0.3) is 0 Å². The average molecular weight is 266 g/mol. The first-order chi connectivity index (χ1) is 9.81. The summed E-state index contributed by atoms with van der Waals surface area (Å²) in [6.07, 6.45) is 2.67. The highest BCUT2D eigenvalue weighted by molar-refractivity contribution is 5.78. The Morgan fingerprint density at radius 2 is 2.00 bits per heavy atom. The number of ether oxygens (including phenoxy) is 1. The van der Waals surface area contributed by atoms with E-state index in [1.54, 1.807) is 18.5 Å². The Hall–Kier alpha value is -2.62. The molecule has 100 valence electrons. The number of fused-ring (bicyclic) bond motifs is 1. The molecule has 0 aliphatic carbocycles. The first-order valence-electron chi connectivity index (χ1n) is 6.49.